The van der Waals surface area contributed by atoms with Crippen molar-refractivity contribution in [1.29, 1.82) is 0 Å². The Morgan fingerprint density at radius 3 is 2.24 bits per heavy atom. The molecule has 2 unspecified atom stereocenters. The van der Waals surface area contributed by atoms with E-state index in [0.29, 0.717) is 5.41 Å². The molecule has 1 aromatic carbocycles. The summed E-state index contributed by atoms with van der Waals surface area (Å²) in [6.45, 7) is 11.4. The van der Waals surface area contributed by atoms with Crippen LogP contribution in [-0.2, 0) is 11.8 Å². The van der Waals surface area contributed by atoms with Gasteiger partial charge in [-0.05, 0) is 66.0 Å². The molecule has 0 heterocycles. The minimum Gasteiger partial charge on any atom is -0.316 e. The Labute approximate surface area is 130 Å². The van der Waals surface area contributed by atoms with E-state index in [0.717, 1.165) is 18.4 Å². The summed E-state index contributed by atoms with van der Waals surface area (Å²) >= 11 is 0. The van der Waals surface area contributed by atoms with Crippen molar-refractivity contribution in [2.24, 2.45) is 17.3 Å². The van der Waals surface area contributed by atoms with Crippen LogP contribution < -0.4 is 5.32 Å². The Hall–Kier alpha value is -0.820. The van der Waals surface area contributed by atoms with Crippen LogP contribution in [0.2, 0.25) is 0 Å². The molecule has 2 fully saturated rings. The molecule has 2 saturated carbocycles. The lowest BCUT2D eigenvalue weighted by Gasteiger charge is -2.32. The fraction of sp³-hybridized carbons (Fsp3) is 0.700. The van der Waals surface area contributed by atoms with Crippen LogP contribution in [0, 0.1) is 17.3 Å². The quantitative estimate of drug-likeness (QED) is 0.836. The van der Waals surface area contributed by atoms with Crippen molar-refractivity contribution in [1.82, 2.24) is 5.32 Å². The summed E-state index contributed by atoms with van der Waals surface area (Å²) in [5.41, 5.74) is 3.77. The molecule has 2 aliphatic carbocycles. The molecule has 1 heteroatoms. The third-order valence-corrected chi connectivity index (χ3v) is 5.61. The molecular formula is C20H31N. The van der Waals surface area contributed by atoms with Crippen molar-refractivity contribution >= 4 is 0 Å². The molecule has 0 aliphatic heterocycles. The predicted octanol–water partition coefficient (Wildman–Crippen LogP) is 4.55. The maximum Gasteiger partial charge on any atom is 0.00111 e. The molecule has 2 atom stereocenters. The van der Waals surface area contributed by atoms with E-state index < -0.39 is 0 Å². The Morgan fingerprint density at radius 1 is 1.10 bits per heavy atom. The SMILES string of the molecule is CCNCC1(Cc2ccc(C(C)(C)C)cc2)CC2CC2C1. The summed E-state index contributed by atoms with van der Waals surface area (Å²) in [4.78, 5) is 0. The first-order valence-electron chi connectivity index (χ1n) is 8.72. The fourth-order valence-electron chi connectivity index (χ4n) is 4.30. The molecule has 0 spiro atoms. The number of benzene rings is 1. The summed E-state index contributed by atoms with van der Waals surface area (Å²) in [6.07, 6.45) is 5.67. The van der Waals surface area contributed by atoms with Gasteiger partial charge in [-0.25, -0.2) is 0 Å². The zero-order valence-corrected chi connectivity index (χ0v) is 14.2. The highest BCUT2D eigenvalue weighted by Crippen LogP contribution is 2.60. The normalized spacial score (nSPS) is 31.2. The van der Waals surface area contributed by atoms with Crippen LogP contribution >= 0.6 is 0 Å². The van der Waals surface area contributed by atoms with Crippen LogP contribution in [0.25, 0.3) is 0 Å². The number of nitrogens with one attached hydrogen (secondary N) is 1. The van der Waals surface area contributed by atoms with E-state index in [1.54, 1.807) is 0 Å². The maximum absolute atomic E-state index is 3.63. The molecule has 0 aromatic heterocycles. The number of fused-ring (bicyclic) bond motifs is 1. The van der Waals surface area contributed by atoms with Gasteiger partial charge in [0.05, 0.1) is 0 Å². The molecule has 3 rings (SSSR count). The van der Waals surface area contributed by atoms with Gasteiger partial charge in [0.1, 0.15) is 0 Å². The molecule has 21 heavy (non-hydrogen) atoms. The van der Waals surface area contributed by atoms with E-state index in [1.165, 1.54) is 43.4 Å². The monoisotopic (exact) mass is 285 g/mol. The molecule has 116 valence electrons. The van der Waals surface area contributed by atoms with Crippen molar-refractivity contribution in [2.75, 3.05) is 13.1 Å². The van der Waals surface area contributed by atoms with Crippen LogP contribution in [0.1, 0.15) is 58.1 Å². The van der Waals surface area contributed by atoms with Gasteiger partial charge in [-0.1, -0.05) is 52.0 Å². The van der Waals surface area contributed by atoms with Crippen molar-refractivity contribution in [3.63, 3.8) is 0 Å². The Kier molecular flexibility index (Phi) is 3.90. The second-order valence-electron chi connectivity index (χ2n) is 8.57. The summed E-state index contributed by atoms with van der Waals surface area (Å²) < 4.78 is 0. The van der Waals surface area contributed by atoms with Crippen LogP contribution in [0.3, 0.4) is 0 Å². The number of rotatable bonds is 5. The highest BCUT2D eigenvalue weighted by atomic mass is 14.9. The largest absolute Gasteiger partial charge is 0.316 e. The average molecular weight is 285 g/mol. The third-order valence-electron chi connectivity index (χ3n) is 5.61. The van der Waals surface area contributed by atoms with Gasteiger partial charge >= 0.3 is 0 Å². The van der Waals surface area contributed by atoms with E-state index >= 15 is 0 Å². The Morgan fingerprint density at radius 2 is 1.71 bits per heavy atom. The molecule has 1 nitrogen and oxygen atoms in total. The van der Waals surface area contributed by atoms with Gasteiger partial charge in [0.15, 0.2) is 0 Å². The third kappa shape index (κ3) is 3.34. The van der Waals surface area contributed by atoms with Crippen molar-refractivity contribution in [3.05, 3.63) is 35.4 Å². The lowest BCUT2D eigenvalue weighted by Crippen LogP contribution is -2.35. The van der Waals surface area contributed by atoms with Crippen LogP contribution in [0.15, 0.2) is 24.3 Å². The first-order valence-corrected chi connectivity index (χ1v) is 8.72. The minimum atomic E-state index is 0.259. The lowest BCUT2D eigenvalue weighted by atomic mass is 9.76. The number of hydrogen-bond donors (Lipinski definition) is 1. The zero-order valence-electron chi connectivity index (χ0n) is 14.2. The summed E-state index contributed by atoms with van der Waals surface area (Å²) in [6, 6.07) is 9.42. The Bertz CT molecular complexity index is 470. The van der Waals surface area contributed by atoms with E-state index in [2.05, 4.69) is 57.3 Å². The summed E-state index contributed by atoms with van der Waals surface area (Å²) in [7, 11) is 0. The van der Waals surface area contributed by atoms with Crippen molar-refractivity contribution in [3.8, 4) is 0 Å². The van der Waals surface area contributed by atoms with Crippen LogP contribution in [0.5, 0.6) is 0 Å². The smallest absolute Gasteiger partial charge is 0.00111 e. The van der Waals surface area contributed by atoms with E-state index in [4.69, 9.17) is 0 Å². The van der Waals surface area contributed by atoms with Gasteiger partial charge in [-0.2, -0.15) is 0 Å². The Balaban J connectivity index is 1.71. The second-order valence-corrected chi connectivity index (χ2v) is 8.57. The summed E-state index contributed by atoms with van der Waals surface area (Å²) in [5.74, 6) is 2.11. The highest BCUT2D eigenvalue weighted by Gasteiger charge is 2.53. The van der Waals surface area contributed by atoms with Gasteiger partial charge in [-0.15, -0.1) is 0 Å². The fourth-order valence-corrected chi connectivity index (χ4v) is 4.30. The topological polar surface area (TPSA) is 12.0 Å². The molecule has 1 N–H and O–H groups in total. The maximum atomic E-state index is 3.63. The summed E-state index contributed by atoms with van der Waals surface area (Å²) in [5, 5.41) is 3.63. The highest BCUT2D eigenvalue weighted by molar-refractivity contribution is 5.28. The van der Waals surface area contributed by atoms with Crippen LogP contribution in [0.4, 0.5) is 0 Å². The molecule has 2 aliphatic rings. The standard InChI is InChI=1S/C20H31N/c1-5-21-14-20(12-16-10-17(16)13-20)11-15-6-8-18(9-7-15)19(2,3)4/h6-9,16-17,21H,5,10-14H2,1-4H3. The second kappa shape index (κ2) is 5.43. The molecule has 0 saturated heterocycles. The average Bonchev–Trinajstić information content (AvgIpc) is 3.04. The first kappa shape index (κ1) is 15.1. The van der Waals surface area contributed by atoms with Gasteiger partial charge in [0, 0.05) is 6.54 Å². The first-order chi connectivity index (χ1) is 9.92. The van der Waals surface area contributed by atoms with Gasteiger partial charge in [0.2, 0.25) is 0 Å². The molecule has 0 amide bonds. The van der Waals surface area contributed by atoms with Crippen molar-refractivity contribution < 1.29 is 0 Å². The lowest BCUT2D eigenvalue weighted by molar-refractivity contribution is 0.250. The van der Waals surface area contributed by atoms with Crippen LogP contribution in [-0.4, -0.2) is 13.1 Å². The zero-order chi connectivity index (χ0) is 15.1. The van der Waals surface area contributed by atoms with Gasteiger partial charge < -0.3 is 5.32 Å². The molecule has 0 bridgehead atoms. The molecular weight excluding hydrogens is 254 g/mol. The molecule has 1 aromatic rings. The van der Waals surface area contributed by atoms with E-state index in [-0.39, 0.29) is 5.41 Å². The van der Waals surface area contributed by atoms with Crippen molar-refractivity contribution in [2.45, 2.75) is 58.8 Å². The van der Waals surface area contributed by atoms with Gasteiger partial charge in [-0.3, -0.25) is 0 Å². The van der Waals surface area contributed by atoms with E-state index in [9.17, 15) is 0 Å². The van der Waals surface area contributed by atoms with E-state index in [1.807, 2.05) is 0 Å². The minimum absolute atomic E-state index is 0.259. The molecule has 0 radical (unpaired) electrons. The van der Waals surface area contributed by atoms with Gasteiger partial charge in [0.25, 0.3) is 0 Å². The number of hydrogen-bond acceptors (Lipinski definition) is 1. The predicted molar refractivity (Wildman–Crippen MR) is 90.7 cm³/mol.